The zero-order valence-electron chi connectivity index (χ0n) is 16.5. The van der Waals surface area contributed by atoms with E-state index in [1.807, 2.05) is 32.0 Å². The van der Waals surface area contributed by atoms with Gasteiger partial charge >= 0.3 is 0 Å². The average molecular weight is 438 g/mol. The van der Waals surface area contributed by atoms with Crippen LogP contribution in [0.5, 0.6) is 0 Å². The molecule has 1 N–H and O–H groups in total. The highest BCUT2D eigenvalue weighted by molar-refractivity contribution is 7.99. The van der Waals surface area contributed by atoms with E-state index in [2.05, 4.69) is 20.3 Å². The Morgan fingerprint density at radius 2 is 1.97 bits per heavy atom. The van der Waals surface area contributed by atoms with Gasteiger partial charge in [0.15, 0.2) is 0 Å². The zero-order chi connectivity index (χ0) is 21.1. The second kappa shape index (κ2) is 8.76. The van der Waals surface area contributed by atoms with E-state index in [4.69, 9.17) is 0 Å². The summed E-state index contributed by atoms with van der Waals surface area (Å²) in [4.78, 5) is 39.9. The monoisotopic (exact) mass is 437 g/mol. The third-order valence-corrected chi connectivity index (χ3v) is 6.60. The molecule has 0 unspecified atom stereocenters. The lowest BCUT2D eigenvalue weighted by molar-refractivity contribution is -0.116. The Morgan fingerprint density at radius 3 is 2.77 bits per heavy atom. The number of amides is 1. The van der Waals surface area contributed by atoms with Crippen molar-refractivity contribution in [3.05, 3.63) is 69.8 Å². The predicted molar refractivity (Wildman–Crippen MR) is 119 cm³/mol. The topological polar surface area (TPSA) is 89.8 Å². The Morgan fingerprint density at radius 1 is 1.13 bits per heavy atom. The van der Waals surface area contributed by atoms with Crippen LogP contribution in [0.3, 0.4) is 0 Å². The smallest absolute Gasteiger partial charge is 0.262 e. The Labute approximate surface area is 181 Å². The average Bonchev–Trinajstić information content (AvgIpc) is 3.03. The molecule has 0 spiro atoms. The molecule has 0 fully saturated rings. The minimum atomic E-state index is -0.180. The Balaban J connectivity index is 1.41. The van der Waals surface area contributed by atoms with Crippen molar-refractivity contribution in [1.82, 2.24) is 19.5 Å². The predicted octanol–water partition coefficient (Wildman–Crippen LogP) is 4.04. The van der Waals surface area contributed by atoms with Crippen LogP contribution in [0.25, 0.3) is 10.2 Å². The van der Waals surface area contributed by atoms with Crippen molar-refractivity contribution < 1.29 is 4.79 Å². The Bertz CT molecular complexity index is 1270. The lowest BCUT2D eigenvalue weighted by atomic mass is 10.2. The van der Waals surface area contributed by atoms with Crippen LogP contribution in [0.2, 0.25) is 0 Å². The van der Waals surface area contributed by atoms with Gasteiger partial charge < -0.3 is 5.32 Å². The summed E-state index contributed by atoms with van der Waals surface area (Å²) < 4.78 is 1.50. The number of nitrogens with one attached hydrogen (secondary N) is 1. The first-order valence-electron chi connectivity index (χ1n) is 9.31. The summed E-state index contributed by atoms with van der Waals surface area (Å²) in [5.74, 6) is -0.180. The third-order valence-electron chi connectivity index (χ3n) is 4.60. The number of fused-ring (bicyclic) bond motifs is 1. The number of anilines is 1. The van der Waals surface area contributed by atoms with Crippen molar-refractivity contribution in [2.45, 2.75) is 36.9 Å². The molecular weight excluding hydrogens is 418 g/mol. The fourth-order valence-corrected chi connectivity index (χ4v) is 4.69. The first-order valence-corrected chi connectivity index (χ1v) is 10.9. The molecule has 1 amide bonds. The van der Waals surface area contributed by atoms with Crippen LogP contribution in [-0.2, 0) is 11.3 Å². The first-order chi connectivity index (χ1) is 14.5. The van der Waals surface area contributed by atoms with E-state index in [0.717, 1.165) is 25.3 Å². The van der Waals surface area contributed by atoms with Crippen LogP contribution in [-0.4, -0.2) is 25.4 Å². The Kier molecular flexibility index (Phi) is 5.91. The molecule has 4 rings (SSSR count). The number of pyridine rings is 2. The fraction of sp³-hybridized carbons (Fsp3) is 0.190. The number of carbonyl (C=O) groups is 1. The molecule has 0 saturated carbocycles. The van der Waals surface area contributed by atoms with E-state index < -0.39 is 0 Å². The number of aryl methyl sites for hydroxylation is 3. The number of aromatic nitrogens is 4. The van der Waals surface area contributed by atoms with Crippen LogP contribution < -0.4 is 10.9 Å². The summed E-state index contributed by atoms with van der Waals surface area (Å²) in [7, 11) is 0. The van der Waals surface area contributed by atoms with Gasteiger partial charge in [0.05, 0.1) is 11.7 Å². The van der Waals surface area contributed by atoms with Gasteiger partial charge in [-0.3, -0.25) is 14.2 Å². The molecule has 0 aliphatic heterocycles. The largest absolute Gasteiger partial charge is 0.326 e. The van der Waals surface area contributed by atoms with E-state index in [0.29, 0.717) is 11.1 Å². The minimum Gasteiger partial charge on any atom is -0.326 e. The molecule has 0 aliphatic rings. The molecular formula is C21H19N5O2S2. The van der Waals surface area contributed by atoms with Gasteiger partial charge in [0, 0.05) is 35.9 Å². The van der Waals surface area contributed by atoms with Crippen molar-refractivity contribution in [3.8, 4) is 0 Å². The van der Waals surface area contributed by atoms with Crippen molar-refractivity contribution in [2.75, 3.05) is 5.32 Å². The summed E-state index contributed by atoms with van der Waals surface area (Å²) in [6.07, 6.45) is 5.05. The SMILES string of the molecule is Cc1sc2ncn(CCC(=O)Nc3ccnc(Sc4ccccn4)c3)c(=O)c2c1C. The zero-order valence-corrected chi connectivity index (χ0v) is 18.1. The van der Waals surface area contributed by atoms with Crippen LogP contribution in [0.15, 0.2) is 63.9 Å². The molecule has 152 valence electrons. The summed E-state index contributed by atoms with van der Waals surface area (Å²) in [5, 5.41) is 5.07. The second-order valence-corrected chi connectivity index (χ2v) is 8.90. The van der Waals surface area contributed by atoms with E-state index in [-0.39, 0.29) is 24.4 Å². The lowest BCUT2D eigenvalue weighted by Crippen LogP contribution is -2.23. The van der Waals surface area contributed by atoms with Gasteiger partial charge in [0.2, 0.25) is 5.91 Å². The Hall–Kier alpha value is -3.04. The number of thiophene rings is 1. The second-order valence-electron chi connectivity index (χ2n) is 6.66. The molecule has 0 bridgehead atoms. The molecule has 4 aromatic rings. The standard InChI is InChI=1S/C21H19N5O2S2/c1-13-14(2)29-20-19(13)21(28)26(12-24-20)10-7-16(27)25-15-6-9-23-18(11-15)30-17-5-3-4-8-22-17/h3-6,8-9,11-12H,7,10H2,1-2H3,(H,23,25,27). The molecule has 0 aliphatic carbocycles. The van der Waals surface area contributed by atoms with E-state index >= 15 is 0 Å². The van der Waals surface area contributed by atoms with Crippen molar-refractivity contribution in [2.24, 2.45) is 0 Å². The third kappa shape index (κ3) is 4.42. The van der Waals surface area contributed by atoms with Gasteiger partial charge in [-0.05, 0) is 43.7 Å². The molecule has 0 saturated heterocycles. The first kappa shape index (κ1) is 20.2. The summed E-state index contributed by atoms with van der Waals surface area (Å²) in [5.41, 5.74) is 1.51. The summed E-state index contributed by atoms with van der Waals surface area (Å²) in [6, 6.07) is 9.20. The van der Waals surface area contributed by atoms with Gasteiger partial charge in [-0.25, -0.2) is 15.0 Å². The van der Waals surface area contributed by atoms with Gasteiger partial charge in [0.25, 0.3) is 5.56 Å². The number of carbonyl (C=O) groups excluding carboxylic acids is 1. The summed E-state index contributed by atoms with van der Waals surface area (Å²) >= 11 is 2.93. The van der Waals surface area contributed by atoms with E-state index in [1.54, 1.807) is 24.5 Å². The number of hydrogen-bond acceptors (Lipinski definition) is 7. The molecule has 30 heavy (non-hydrogen) atoms. The van der Waals surface area contributed by atoms with Crippen molar-refractivity contribution in [1.29, 1.82) is 0 Å². The molecule has 0 aromatic carbocycles. The number of nitrogens with zero attached hydrogens (tertiary/aromatic N) is 4. The lowest BCUT2D eigenvalue weighted by Gasteiger charge is -2.08. The maximum atomic E-state index is 12.7. The van der Waals surface area contributed by atoms with Gasteiger partial charge in [-0.2, -0.15) is 0 Å². The highest BCUT2D eigenvalue weighted by Gasteiger charge is 2.13. The van der Waals surface area contributed by atoms with E-state index in [1.165, 1.54) is 34.0 Å². The van der Waals surface area contributed by atoms with Crippen molar-refractivity contribution in [3.63, 3.8) is 0 Å². The molecule has 4 aromatic heterocycles. The number of rotatable bonds is 6. The van der Waals surface area contributed by atoms with Gasteiger partial charge in [-0.1, -0.05) is 17.8 Å². The normalized spacial score (nSPS) is 11.0. The van der Waals surface area contributed by atoms with Crippen LogP contribution in [0.4, 0.5) is 5.69 Å². The quantitative estimate of drug-likeness (QED) is 0.490. The molecule has 7 nitrogen and oxygen atoms in total. The van der Waals surface area contributed by atoms with Crippen LogP contribution in [0, 0.1) is 13.8 Å². The highest BCUT2D eigenvalue weighted by Crippen LogP contribution is 2.26. The van der Waals surface area contributed by atoms with Gasteiger partial charge in [-0.15, -0.1) is 11.3 Å². The van der Waals surface area contributed by atoms with Crippen molar-refractivity contribution >= 4 is 44.9 Å². The molecule has 0 atom stereocenters. The summed E-state index contributed by atoms with van der Waals surface area (Å²) in [6.45, 7) is 4.18. The van der Waals surface area contributed by atoms with Gasteiger partial charge in [0.1, 0.15) is 14.9 Å². The molecule has 4 heterocycles. The van der Waals surface area contributed by atoms with Crippen LogP contribution in [0.1, 0.15) is 16.9 Å². The highest BCUT2D eigenvalue weighted by atomic mass is 32.2. The fourth-order valence-electron chi connectivity index (χ4n) is 2.93. The molecule has 0 radical (unpaired) electrons. The van der Waals surface area contributed by atoms with E-state index in [9.17, 15) is 9.59 Å². The number of hydrogen-bond donors (Lipinski definition) is 1. The maximum absolute atomic E-state index is 12.7. The maximum Gasteiger partial charge on any atom is 0.262 e. The minimum absolute atomic E-state index is 0.104. The molecule has 9 heteroatoms. The van der Waals surface area contributed by atoms with Crippen LogP contribution >= 0.6 is 23.1 Å².